The number of aliphatic carboxylic acids is 1. The highest BCUT2D eigenvalue weighted by molar-refractivity contribution is 5.87. The van der Waals surface area contributed by atoms with Gasteiger partial charge in [-0.3, -0.25) is 4.79 Å². The van der Waals surface area contributed by atoms with Gasteiger partial charge < -0.3 is 31.1 Å². The summed E-state index contributed by atoms with van der Waals surface area (Å²) >= 11 is 0. The summed E-state index contributed by atoms with van der Waals surface area (Å²) in [5.74, 6) is -1.30. The first-order valence-corrected chi connectivity index (χ1v) is 11.9. The number of carbonyl (C=O) groups is 2. The number of halogens is 1. The van der Waals surface area contributed by atoms with Gasteiger partial charge in [0.15, 0.2) is 5.96 Å². The summed E-state index contributed by atoms with van der Waals surface area (Å²) < 4.78 is 19.9. The maximum atomic E-state index is 15.0. The molecule has 12 heteroatoms. The number of carboxylic acid groups (broad SMARTS) is 1. The minimum absolute atomic E-state index is 0.171. The third-order valence-corrected chi connectivity index (χ3v) is 6.74. The van der Waals surface area contributed by atoms with Crippen molar-refractivity contribution in [2.45, 2.75) is 38.3 Å². The van der Waals surface area contributed by atoms with Gasteiger partial charge in [-0.15, -0.1) is 4.99 Å². The lowest BCUT2D eigenvalue weighted by molar-refractivity contribution is -0.143. The summed E-state index contributed by atoms with van der Waals surface area (Å²) in [6.45, 7) is 2.93. The first-order chi connectivity index (χ1) is 17.3. The Kier molecular flexibility index (Phi) is 7.93. The number of piperidine rings is 2. The van der Waals surface area contributed by atoms with Gasteiger partial charge in [-0.2, -0.15) is 0 Å². The highest BCUT2D eigenvalue weighted by Gasteiger charge is 2.31. The van der Waals surface area contributed by atoms with Crippen LogP contribution in [0.15, 0.2) is 35.6 Å². The number of hydrogen-bond donors (Lipinski definition) is 3. The lowest BCUT2D eigenvalue weighted by atomic mass is 9.93. The number of carbonyl (C=O) groups excluding carboxylic acids is 1. The number of anilines is 1. The molecule has 0 aliphatic carbocycles. The van der Waals surface area contributed by atoms with E-state index in [-0.39, 0.29) is 18.1 Å². The number of ether oxygens (including phenoxy) is 1. The zero-order valence-corrected chi connectivity index (χ0v) is 19.8. The minimum atomic E-state index is -0.999. The number of aromatic nitrogens is 2. The van der Waals surface area contributed by atoms with Crippen molar-refractivity contribution in [3.8, 4) is 11.1 Å². The molecule has 4 rings (SSSR count). The van der Waals surface area contributed by atoms with Gasteiger partial charge in [-0.05, 0) is 38.8 Å². The van der Waals surface area contributed by atoms with E-state index in [1.54, 1.807) is 24.5 Å². The Morgan fingerprint density at radius 3 is 2.36 bits per heavy atom. The standard InChI is InChI=1S/C24H30FN7O4/c25-20-16(14-36-24(35)30-22(26)27)2-1-3-19(20)17-12-28-23(29-13-17)32-10-6-18(7-11-32)31-8-4-15(5-9-31)21(33)34/h1-3,12-13,15,18H,4-11,14H2,(H,33,34)(H4,26,27,30,35). The van der Waals surface area contributed by atoms with E-state index in [4.69, 9.17) is 16.2 Å². The first kappa shape index (κ1) is 25.3. The molecule has 1 aromatic carbocycles. The highest BCUT2D eigenvalue weighted by Crippen LogP contribution is 2.28. The Balaban J connectivity index is 1.34. The van der Waals surface area contributed by atoms with E-state index in [0.29, 0.717) is 36.0 Å². The number of carboxylic acids is 1. The summed E-state index contributed by atoms with van der Waals surface area (Å²) in [6, 6.07) is 5.20. The van der Waals surface area contributed by atoms with Gasteiger partial charge in [-0.25, -0.2) is 19.2 Å². The molecule has 2 aliphatic rings. The molecule has 2 fully saturated rings. The molecule has 2 saturated heterocycles. The van der Waals surface area contributed by atoms with E-state index in [1.807, 2.05) is 0 Å². The Morgan fingerprint density at radius 1 is 1.08 bits per heavy atom. The molecule has 0 bridgehead atoms. The minimum Gasteiger partial charge on any atom is -0.481 e. The van der Waals surface area contributed by atoms with Gasteiger partial charge >= 0.3 is 12.1 Å². The average molecular weight is 500 g/mol. The Labute approximate surface area is 208 Å². The van der Waals surface area contributed by atoms with Crippen LogP contribution in [0.1, 0.15) is 31.2 Å². The van der Waals surface area contributed by atoms with Crippen molar-refractivity contribution in [1.29, 1.82) is 0 Å². The van der Waals surface area contributed by atoms with E-state index in [1.165, 1.54) is 6.07 Å². The predicted octanol–water partition coefficient (Wildman–Crippen LogP) is 1.96. The van der Waals surface area contributed by atoms with Crippen molar-refractivity contribution in [2.75, 3.05) is 31.1 Å². The molecular weight excluding hydrogens is 469 g/mol. The van der Waals surface area contributed by atoms with E-state index in [2.05, 4.69) is 24.8 Å². The lowest BCUT2D eigenvalue weighted by Crippen LogP contribution is -2.48. The molecule has 2 aliphatic heterocycles. The van der Waals surface area contributed by atoms with E-state index in [9.17, 15) is 14.7 Å². The van der Waals surface area contributed by atoms with Gasteiger partial charge in [0, 0.05) is 48.2 Å². The van der Waals surface area contributed by atoms with Crippen LogP contribution in [0.4, 0.5) is 15.1 Å². The third-order valence-electron chi connectivity index (χ3n) is 6.74. The van der Waals surface area contributed by atoms with E-state index >= 15 is 4.39 Å². The summed E-state index contributed by atoms with van der Waals surface area (Å²) in [5.41, 5.74) is 11.2. The molecule has 2 aromatic rings. The number of hydrogen-bond acceptors (Lipinski definition) is 7. The Morgan fingerprint density at radius 2 is 1.75 bits per heavy atom. The third kappa shape index (κ3) is 6.06. The van der Waals surface area contributed by atoms with Gasteiger partial charge in [0.1, 0.15) is 12.4 Å². The summed E-state index contributed by atoms with van der Waals surface area (Å²) in [5, 5.41) is 9.20. The normalized spacial score (nSPS) is 17.5. The maximum Gasteiger partial charge on any atom is 0.437 e. The number of guanidine groups is 1. The van der Waals surface area contributed by atoms with Crippen molar-refractivity contribution < 1.29 is 23.8 Å². The second-order valence-corrected chi connectivity index (χ2v) is 9.01. The zero-order chi connectivity index (χ0) is 25.7. The lowest BCUT2D eigenvalue weighted by Gasteiger charge is -2.41. The molecular formula is C24H30FN7O4. The van der Waals surface area contributed by atoms with E-state index < -0.39 is 23.8 Å². The second kappa shape index (κ2) is 11.3. The van der Waals surface area contributed by atoms with Crippen LogP contribution in [0.2, 0.25) is 0 Å². The van der Waals surface area contributed by atoms with Crippen molar-refractivity contribution in [2.24, 2.45) is 22.4 Å². The number of likely N-dealkylation sites (tertiary alicyclic amines) is 1. The number of rotatable bonds is 6. The molecule has 0 spiro atoms. The molecule has 36 heavy (non-hydrogen) atoms. The van der Waals surface area contributed by atoms with Crippen LogP contribution >= 0.6 is 0 Å². The molecule has 5 N–H and O–H groups in total. The number of benzene rings is 1. The fourth-order valence-electron chi connectivity index (χ4n) is 4.76. The topological polar surface area (TPSA) is 160 Å². The van der Waals surface area contributed by atoms with Crippen LogP contribution in [0, 0.1) is 11.7 Å². The largest absolute Gasteiger partial charge is 0.481 e. The van der Waals surface area contributed by atoms with Gasteiger partial charge in [0.25, 0.3) is 0 Å². The number of amides is 1. The van der Waals surface area contributed by atoms with Gasteiger partial charge in [0.05, 0.1) is 5.92 Å². The SMILES string of the molecule is NC(N)=NC(=O)OCc1cccc(-c2cnc(N3CCC(N4CCC(C(=O)O)CC4)CC3)nc2)c1F. The van der Waals surface area contributed by atoms with Gasteiger partial charge in [-0.1, -0.05) is 18.2 Å². The molecule has 1 amide bonds. The molecule has 192 valence electrons. The van der Waals surface area contributed by atoms with Crippen molar-refractivity contribution in [3.63, 3.8) is 0 Å². The van der Waals surface area contributed by atoms with E-state index in [0.717, 1.165) is 39.0 Å². The van der Waals surface area contributed by atoms with Crippen molar-refractivity contribution in [1.82, 2.24) is 14.9 Å². The van der Waals surface area contributed by atoms with Crippen LogP contribution in [0.5, 0.6) is 0 Å². The average Bonchev–Trinajstić information content (AvgIpc) is 2.88. The highest BCUT2D eigenvalue weighted by atomic mass is 19.1. The number of aliphatic imine (C=N–C) groups is 1. The summed E-state index contributed by atoms with van der Waals surface area (Å²) in [6.07, 6.45) is 5.49. The Bertz CT molecular complexity index is 1110. The summed E-state index contributed by atoms with van der Waals surface area (Å²) in [4.78, 5) is 39.4. The van der Waals surface area contributed by atoms with Crippen LogP contribution in [-0.4, -0.2) is 70.2 Å². The Hall–Kier alpha value is -3.80. The van der Waals surface area contributed by atoms with Gasteiger partial charge in [0.2, 0.25) is 5.95 Å². The molecule has 11 nitrogen and oxygen atoms in total. The molecule has 1 aromatic heterocycles. The number of nitrogens with zero attached hydrogens (tertiary/aromatic N) is 5. The van der Waals surface area contributed by atoms with Crippen LogP contribution in [-0.2, 0) is 16.1 Å². The first-order valence-electron chi connectivity index (χ1n) is 11.9. The van der Waals surface area contributed by atoms with Crippen molar-refractivity contribution >= 4 is 24.0 Å². The quantitative estimate of drug-likeness (QED) is 0.396. The van der Waals surface area contributed by atoms with Crippen LogP contribution in [0.3, 0.4) is 0 Å². The molecule has 0 radical (unpaired) electrons. The molecule has 0 atom stereocenters. The molecule has 0 saturated carbocycles. The zero-order valence-electron chi connectivity index (χ0n) is 19.8. The fourth-order valence-corrected chi connectivity index (χ4v) is 4.76. The van der Waals surface area contributed by atoms with Crippen LogP contribution in [0.25, 0.3) is 11.1 Å². The smallest absolute Gasteiger partial charge is 0.437 e. The predicted molar refractivity (Wildman–Crippen MR) is 131 cm³/mol. The maximum absolute atomic E-state index is 15.0. The van der Waals surface area contributed by atoms with Crippen LogP contribution < -0.4 is 16.4 Å². The molecule has 3 heterocycles. The monoisotopic (exact) mass is 499 g/mol. The second-order valence-electron chi connectivity index (χ2n) is 9.01. The van der Waals surface area contributed by atoms with Crippen molar-refractivity contribution in [3.05, 3.63) is 42.0 Å². The number of nitrogens with two attached hydrogens (primary N) is 2. The summed E-state index contributed by atoms with van der Waals surface area (Å²) in [7, 11) is 0. The fraction of sp³-hybridized carbons (Fsp3) is 0.458. The molecule has 0 unspecified atom stereocenters.